The Morgan fingerprint density at radius 2 is 2.12 bits per heavy atom. The van der Waals surface area contributed by atoms with E-state index >= 15 is 0 Å². The zero-order valence-corrected chi connectivity index (χ0v) is 9.25. The van der Waals surface area contributed by atoms with Gasteiger partial charge in [0.25, 0.3) is 0 Å². The van der Waals surface area contributed by atoms with Crippen LogP contribution in [-0.4, -0.2) is 26.5 Å². The Labute approximate surface area is 93.2 Å². The lowest BCUT2D eigenvalue weighted by atomic mass is 10.0. The summed E-state index contributed by atoms with van der Waals surface area (Å²) in [7, 11) is 2.83. The molecule has 4 nitrogen and oxygen atoms in total. The highest BCUT2D eigenvalue weighted by atomic mass is 19.1. The number of carbonyl (C=O) groups excluding carboxylic acids is 1. The molecule has 88 valence electrons. The van der Waals surface area contributed by atoms with Crippen molar-refractivity contribution in [3.8, 4) is 5.75 Å². The fourth-order valence-electron chi connectivity index (χ4n) is 1.40. The second-order valence-electron chi connectivity index (χ2n) is 3.18. The molecule has 0 aliphatic heterocycles. The first-order valence-corrected chi connectivity index (χ1v) is 4.73. The van der Waals surface area contributed by atoms with Crippen LogP contribution in [-0.2, 0) is 11.3 Å². The van der Waals surface area contributed by atoms with E-state index in [9.17, 15) is 9.18 Å². The minimum absolute atomic E-state index is 0.0979. The number of methoxy groups -OCH3 is 2. The van der Waals surface area contributed by atoms with Gasteiger partial charge in [-0.3, -0.25) is 4.79 Å². The number of Topliss-reactive ketones (excluding diaryl/α,β-unsaturated/α-hetero) is 1. The van der Waals surface area contributed by atoms with Crippen LogP contribution in [0.5, 0.6) is 5.75 Å². The van der Waals surface area contributed by atoms with Crippen LogP contribution in [0.25, 0.3) is 0 Å². The van der Waals surface area contributed by atoms with Crippen molar-refractivity contribution in [2.75, 3.05) is 20.8 Å². The summed E-state index contributed by atoms with van der Waals surface area (Å²) in [5.74, 6) is -0.934. The Balaban J connectivity index is 3.28. The Bertz CT molecular complexity index is 393. The molecule has 0 atom stereocenters. The van der Waals surface area contributed by atoms with Crippen LogP contribution in [0.4, 0.5) is 4.39 Å². The van der Waals surface area contributed by atoms with E-state index in [1.54, 1.807) is 0 Å². The van der Waals surface area contributed by atoms with E-state index in [1.807, 2.05) is 0 Å². The first-order valence-electron chi connectivity index (χ1n) is 4.73. The van der Waals surface area contributed by atoms with Gasteiger partial charge in [0.15, 0.2) is 5.78 Å². The van der Waals surface area contributed by atoms with Crippen molar-refractivity contribution in [2.24, 2.45) is 5.73 Å². The van der Waals surface area contributed by atoms with E-state index in [-0.39, 0.29) is 24.5 Å². The number of ether oxygens (including phenoxy) is 2. The Hall–Kier alpha value is -1.46. The smallest absolute Gasteiger partial charge is 0.183 e. The Morgan fingerprint density at radius 1 is 1.44 bits per heavy atom. The highest BCUT2D eigenvalue weighted by molar-refractivity contribution is 6.00. The second kappa shape index (κ2) is 5.58. The normalized spacial score (nSPS) is 10.2. The SMILES string of the molecule is COCc1ccc(OC)c(C(=O)CN)c1F. The number of carbonyl (C=O) groups is 1. The third-order valence-electron chi connectivity index (χ3n) is 2.17. The molecule has 0 aromatic heterocycles. The average molecular weight is 227 g/mol. The zero-order chi connectivity index (χ0) is 12.1. The topological polar surface area (TPSA) is 61.5 Å². The number of hydrogen-bond donors (Lipinski definition) is 1. The van der Waals surface area contributed by atoms with E-state index in [2.05, 4.69) is 0 Å². The van der Waals surface area contributed by atoms with Crippen LogP contribution in [0.2, 0.25) is 0 Å². The van der Waals surface area contributed by atoms with Crippen molar-refractivity contribution >= 4 is 5.78 Å². The number of rotatable bonds is 5. The van der Waals surface area contributed by atoms with Gasteiger partial charge >= 0.3 is 0 Å². The zero-order valence-electron chi connectivity index (χ0n) is 9.25. The van der Waals surface area contributed by atoms with Crippen molar-refractivity contribution in [3.63, 3.8) is 0 Å². The summed E-state index contributed by atoms with van der Waals surface area (Å²) in [6.45, 7) is -0.162. The average Bonchev–Trinajstić information content (AvgIpc) is 2.30. The van der Waals surface area contributed by atoms with Crippen molar-refractivity contribution in [1.29, 1.82) is 0 Å². The molecular weight excluding hydrogens is 213 g/mol. The van der Waals surface area contributed by atoms with E-state index in [0.29, 0.717) is 5.56 Å². The van der Waals surface area contributed by atoms with E-state index in [1.165, 1.54) is 26.4 Å². The van der Waals surface area contributed by atoms with Crippen LogP contribution >= 0.6 is 0 Å². The van der Waals surface area contributed by atoms with Gasteiger partial charge in [0.2, 0.25) is 0 Å². The van der Waals surface area contributed by atoms with Crippen LogP contribution in [0, 0.1) is 5.82 Å². The highest BCUT2D eigenvalue weighted by Crippen LogP contribution is 2.25. The number of nitrogens with two attached hydrogens (primary N) is 1. The molecule has 5 heteroatoms. The third kappa shape index (κ3) is 2.37. The molecule has 0 saturated carbocycles. The molecule has 1 aromatic carbocycles. The lowest BCUT2D eigenvalue weighted by Crippen LogP contribution is -2.17. The summed E-state index contributed by atoms with van der Waals surface area (Å²) in [4.78, 5) is 11.5. The van der Waals surface area contributed by atoms with Gasteiger partial charge < -0.3 is 15.2 Å². The van der Waals surface area contributed by atoms with Gasteiger partial charge in [0.1, 0.15) is 11.6 Å². The molecular formula is C11H14FNO3. The Morgan fingerprint density at radius 3 is 2.62 bits per heavy atom. The summed E-state index contributed by atoms with van der Waals surface area (Å²) in [5, 5.41) is 0. The molecule has 1 aromatic rings. The largest absolute Gasteiger partial charge is 0.496 e. The molecule has 0 bridgehead atoms. The molecule has 0 saturated heterocycles. The van der Waals surface area contributed by atoms with Crippen molar-refractivity contribution < 1.29 is 18.7 Å². The summed E-state index contributed by atoms with van der Waals surface area (Å²) >= 11 is 0. The molecule has 0 aliphatic carbocycles. The first-order chi connectivity index (χ1) is 7.65. The van der Waals surface area contributed by atoms with Crippen LogP contribution in [0.3, 0.4) is 0 Å². The third-order valence-corrected chi connectivity index (χ3v) is 2.17. The molecule has 0 spiro atoms. The van der Waals surface area contributed by atoms with E-state index in [0.717, 1.165) is 0 Å². The molecule has 0 aliphatic rings. The van der Waals surface area contributed by atoms with Gasteiger partial charge in [-0.2, -0.15) is 0 Å². The fraction of sp³-hybridized carbons (Fsp3) is 0.364. The Kier molecular flexibility index (Phi) is 4.39. The van der Waals surface area contributed by atoms with Crippen LogP contribution in [0.1, 0.15) is 15.9 Å². The summed E-state index contributed by atoms with van der Waals surface area (Å²) in [5.41, 5.74) is 5.41. The predicted molar refractivity (Wildman–Crippen MR) is 57.0 cm³/mol. The molecule has 0 heterocycles. The molecule has 0 fully saturated rings. The lowest BCUT2D eigenvalue weighted by Gasteiger charge is -2.11. The summed E-state index contributed by atoms with van der Waals surface area (Å²) in [6.07, 6.45) is 0. The highest BCUT2D eigenvalue weighted by Gasteiger charge is 2.19. The van der Waals surface area contributed by atoms with Gasteiger partial charge in [-0.25, -0.2) is 4.39 Å². The maximum Gasteiger partial charge on any atom is 0.183 e. The minimum Gasteiger partial charge on any atom is -0.496 e. The number of benzene rings is 1. The lowest BCUT2D eigenvalue weighted by molar-refractivity contribution is 0.0993. The molecule has 16 heavy (non-hydrogen) atoms. The van der Waals surface area contributed by atoms with E-state index in [4.69, 9.17) is 15.2 Å². The number of ketones is 1. The predicted octanol–water partition coefficient (Wildman–Crippen LogP) is 1.12. The standard InChI is InChI=1S/C11H14FNO3/c1-15-6-7-3-4-9(16-2)10(11(7)12)8(14)5-13/h3-4H,5-6,13H2,1-2H3. The van der Waals surface area contributed by atoms with Crippen LogP contribution in [0.15, 0.2) is 12.1 Å². The first kappa shape index (κ1) is 12.6. The van der Waals surface area contributed by atoms with Crippen molar-refractivity contribution in [3.05, 3.63) is 29.1 Å². The molecule has 1 rings (SSSR count). The summed E-state index contributed by atoms with van der Waals surface area (Å²) in [6, 6.07) is 3.05. The quantitative estimate of drug-likeness (QED) is 0.766. The summed E-state index contributed by atoms with van der Waals surface area (Å²) < 4.78 is 23.7. The van der Waals surface area contributed by atoms with Gasteiger partial charge in [0, 0.05) is 12.7 Å². The van der Waals surface area contributed by atoms with Crippen LogP contribution < -0.4 is 10.5 Å². The van der Waals surface area contributed by atoms with Gasteiger partial charge in [-0.05, 0) is 6.07 Å². The maximum absolute atomic E-state index is 13.9. The molecule has 2 N–H and O–H groups in total. The molecule has 0 unspecified atom stereocenters. The maximum atomic E-state index is 13.9. The van der Waals surface area contributed by atoms with Gasteiger partial charge in [-0.1, -0.05) is 6.07 Å². The van der Waals surface area contributed by atoms with Gasteiger partial charge in [-0.15, -0.1) is 0 Å². The monoisotopic (exact) mass is 227 g/mol. The van der Waals surface area contributed by atoms with Gasteiger partial charge in [0.05, 0.1) is 25.8 Å². The van der Waals surface area contributed by atoms with Crippen molar-refractivity contribution in [2.45, 2.75) is 6.61 Å². The number of halogens is 1. The fourth-order valence-corrected chi connectivity index (χ4v) is 1.40. The minimum atomic E-state index is -0.628. The van der Waals surface area contributed by atoms with E-state index < -0.39 is 11.6 Å². The molecule has 0 amide bonds. The number of hydrogen-bond acceptors (Lipinski definition) is 4. The second-order valence-corrected chi connectivity index (χ2v) is 3.18. The molecule has 0 radical (unpaired) electrons. The van der Waals surface area contributed by atoms with Crippen molar-refractivity contribution in [1.82, 2.24) is 0 Å².